The number of imide groups is 1. The van der Waals surface area contributed by atoms with E-state index in [9.17, 15) is 9.59 Å². The highest BCUT2D eigenvalue weighted by molar-refractivity contribution is 5.95. The van der Waals surface area contributed by atoms with Crippen molar-refractivity contribution in [1.82, 2.24) is 20.9 Å². The van der Waals surface area contributed by atoms with Crippen LogP contribution in [-0.4, -0.2) is 55.1 Å². The molecule has 1 saturated carbocycles. The smallest absolute Gasteiger partial charge is 0.321 e. The molecule has 3 aliphatic rings. The minimum atomic E-state index is -0.339. The summed E-state index contributed by atoms with van der Waals surface area (Å²) in [6.07, 6.45) is 6.98. The summed E-state index contributed by atoms with van der Waals surface area (Å²) in [4.78, 5) is 25.7. The molecule has 0 aromatic heterocycles. The highest BCUT2D eigenvalue weighted by Gasteiger charge is 2.30. The quantitative estimate of drug-likeness (QED) is 0.703. The Morgan fingerprint density at radius 3 is 2.71 bits per heavy atom. The average Bonchev–Trinajstić information content (AvgIpc) is 3.08. The molecular formula is C15H26N4O2. The number of carbonyl (C=O) groups excluding carboxylic acids is 2. The fourth-order valence-corrected chi connectivity index (χ4v) is 3.50. The Kier molecular flexibility index (Phi) is 4.75. The summed E-state index contributed by atoms with van der Waals surface area (Å²) in [7, 11) is 0. The fourth-order valence-electron chi connectivity index (χ4n) is 3.50. The number of hydrogen-bond donors (Lipinski definition) is 3. The normalized spacial score (nSPS) is 30.1. The molecule has 1 aliphatic carbocycles. The van der Waals surface area contributed by atoms with Crippen molar-refractivity contribution in [3.63, 3.8) is 0 Å². The Morgan fingerprint density at radius 1 is 1.14 bits per heavy atom. The molecule has 2 heterocycles. The summed E-state index contributed by atoms with van der Waals surface area (Å²) in [5, 5.41) is 8.78. The van der Waals surface area contributed by atoms with Crippen molar-refractivity contribution < 1.29 is 9.59 Å². The third-order valence-electron chi connectivity index (χ3n) is 4.74. The van der Waals surface area contributed by atoms with E-state index in [1.165, 1.54) is 19.3 Å². The fraction of sp³-hybridized carbons (Fsp3) is 0.867. The van der Waals surface area contributed by atoms with Crippen LogP contribution < -0.4 is 16.0 Å². The number of carbonyl (C=O) groups is 2. The van der Waals surface area contributed by atoms with Gasteiger partial charge in [-0.3, -0.25) is 15.0 Å². The van der Waals surface area contributed by atoms with Gasteiger partial charge in [0.05, 0.1) is 6.54 Å². The van der Waals surface area contributed by atoms with Gasteiger partial charge in [-0.2, -0.15) is 0 Å². The molecule has 0 spiro atoms. The Labute approximate surface area is 126 Å². The number of nitrogens with zero attached hydrogens (tertiary/aromatic N) is 1. The summed E-state index contributed by atoms with van der Waals surface area (Å²) in [5.74, 6) is 0.461. The van der Waals surface area contributed by atoms with Crippen LogP contribution in [0.3, 0.4) is 0 Å². The topological polar surface area (TPSA) is 73.5 Å². The lowest BCUT2D eigenvalue weighted by molar-refractivity contribution is -0.121. The lowest BCUT2D eigenvalue weighted by Gasteiger charge is -2.35. The molecule has 3 fully saturated rings. The highest BCUT2D eigenvalue weighted by Crippen LogP contribution is 2.24. The molecule has 21 heavy (non-hydrogen) atoms. The van der Waals surface area contributed by atoms with E-state index in [2.05, 4.69) is 20.9 Å². The van der Waals surface area contributed by atoms with E-state index in [-0.39, 0.29) is 18.0 Å². The van der Waals surface area contributed by atoms with Crippen LogP contribution in [0.15, 0.2) is 0 Å². The van der Waals surface area contributed by atoms with Gasteiger partial charge in [0.15, 0.2) is 0 Å². The maximum atomic E-state index is 11.9. The van der Waals surface area contributed by atoms with Crippen LogP contribution >= 0.6 is 0 Å². The molecule has 0 bridgehead atoms. The van der Waals surface area contributed by atoms with Gasteiger partial charge in [-0.25, -0.2) is 4.79 Å². The van der Waals surface area contributed by atoms with Crippen LogP contribution in [0.25, 0.3) is 0 Å². The number of amides is 3. The zero-order valence-corrected chi connectivity index (χ0v) is 12.6. The summed E-state index contributed by atoms with van der Waals surface area (Å²) >= 11 is 0. The molecule has 3 rings (SSSR count). The largest absolute Gasteiger partial charge is 0.335 e. The number of nitrogens with one attached hydrogen (secondary N) is 3. The Morgan fingerprint density at radius 2 is 2.00 bits per heavy atom. The summed E-state index contributed by atoms with van der Waals surface area (Å²) in [6.45, 7) is 3.39. The molecule has 2 atom stereocenters. The monoisotopic (exact) mass is 294 g/mol. The molecule has 6 heteroatoms. The molecule has 3 N–H and O–H groups in total. The van der Waals surface area contributed by atoms with Gasteiger partial charge >= 0.3 is 6.03 Å². The number of hydrogen-bond acceptors (Lipinski definition) is 4. The first-order valence-corrected chi connectivity index (χ1v) is 8.27. The number of urea groups is 1. The van der Waals surface area contributed by atoms with Gasteiger partial charge in [0.25, 0.3) is 0 Å². The Balaban J connectivity index is 1.40. The minimum absolute atomic E-state index is 0.187. The molecule has 6 nitrogen and oxygen atoms in total. The van der Waals surface area contributed by atoms with Crippen molar-refractivity contribution in [2.45, 2.75) is 50.6 Å². The molecule has 118 valence electrons. The molecule has 2 unspecified atom stereocenters. The van der Waals surface area contributed by atoms with Crippen molar-refractivity contribution in [3.05, 3.63) is 0 Å². The van der Waals surface area contributed by atoms with Gasteiger partial charge in [-0.1, -0.05) is 0 Å². The molecule has 3 amide bonds. The summed E-state index contributed by atoms with van der Waals surface area (Å²) in [6, 6.07) is 0.563. The second-order valence-electron chi connectivity index (χ2n) is 6.64. The van der Waals surface area contributed by atoms with E-state index in [0.717, 1.165) is 38.9 Å². The van der Waals surface area contributed by atoms with Crippen molar-refractivity contribution in [2.24, 2.45) is 5.92 Å². The van der Waals surface area contributed by atoms with E-state index in [1.54, 1.807) is 0 Å². The molecule has 0 aromatic carbocycles. The molecular weight excluding hydrogens is 268 g/mol. The predicted molar refractivity (Wildman–Crippen MR) is 79.9 cm³/mol. The first-order chi connectivity index (χ1) is 10.2. The first kappa shape index (κ1) is 14.8. The lowest BCUT2D eigenvalue weighted by atomic mass is 9.90. The van der Waals surface area contributed by atoms with Crippen LogP contribution in [0.4, 0.5) is 4.79 Å². The van der Waals surface area contributed by atoms with Crippen molar-refractivity contribution in [1.29, 1.82) is 0 Å². The average molecular weight is 294 g/mol. The van der Waals surface area contributed by atoms with E-state index in [4.69, 9.17) is 0 Å². The maximum absolute atomic E-state index is 11.9. The second-order valence-corrected chi connectivity index (χ2v) is 6.64. The third-order valence-corrected chi connectivity index (χ3v) is 4.74. The predicted octanol–water partition coefficient (Wildman–Crippen LogP) is 0.439. The van der Waals surface area contributed by atoms with Gasteiger partial charge in [0.2, 0.25) is 5.91 Å². The molecule has 0 aromatic rings. The van der Waals surface area contributed by atoms with Gasteiger partial charge in [-0.15, -0.1) is 0 Å². The van der Waals surface area contributed by atoms with Crippen LogP contribution in [-0.2, 0) is 4.79 Å². The number of piperidine rings is 1. The van der Waals surface area contributed by atoms with Crippen LogP contribution in [0.1, 0.15) is 38.5 Å². The van der Waals surface area contributed by atoms with Gasteiger partial charge in [-0.05, 0) is 57.5 Å². The van der Waals surface area contributed by atoms with Crippen molar-refractivity contribution in [3.8, 4) is 0 Å². The number of likely N-dealkylation sites (tertiary alicyclic amines) is 1. The van der Waals surface area contributed by atoms with E-state index in [1.807, 2.05) is 0 Å². The Hall–Kier alpha value is -1.14. The zero-order valence-electron chi connectivity index (χ0n) is 12.6. The van der Waals surface area contributed by atoms with E-state index >= 15 is 0 Å². The van der Waals surface area contributed by atoms with Crippen LogP contribution in [0.2, 0.25) is 0 Å². The van der Waals surface area contributed by atoms with Gasteiger partial charge in [0, 0.05) is 18.6 Å². The number of rotatable bonds is 4. The molecule has 0 radical (unpaired) electrons. The lowest BCUT2D eigenvalue weighted by Crippen LogP contribution is -2.49. The standard InChI is InChI=1S/C15H26N4O2/c20-14(18-15(21)17-12-5-6-12)10-19-8-2-3-11(9-19)13-4-1-7-16-13/h11-13,16H,1-10H2,(H2,17,18,20,21). The maximum Gasteiger partial charge on any atom is 0.321 e. The first-order valence-electron chi connectivity index (χ1n) is 8.27. The van der Waals surface area contributed by atoms with Crippen LogP contribution in [0, 0.1) is 5.92 Å². The minimum Gasteiger partial charge on any atom is -0.335 e. The van der Waals surface area contributed by atoms with Gasteiger partial charge < -0.3 is 10.6 Å². The van der Waals surface area contributed by atoms with E-state index < -0.39 is 0 Å². The van der Waals surface area contributed by atoms with Crippen LogP contribution in [0.5, 0.6) is 0 Å². The van der Waals surface area contributed by atoms with Crippen molar-refractivity contribution >= 4 is 11.9 Å². The second kappa shape index (κ2) is 6.75. The van der Waals surface area contributed by atoms with Gasteiger partial charge in [0.1, 0.15) is 0 Å². The zero-order chi connectivity index (χ0) is 14.7. The third kappa shape index (κ3) is 4.41. The Bertz CT molecular complexity index is 391. The van der Waals surface area contributed by atoms with E-state index in [0.29, 0.717) is 18.5 Å². The highest BCUT2D eigenvalue weighted by atomic mass is 16.2. The summed E-state index contributed by atoms with van der Waals surface area (Å²) < 4.78 is 0. The SMILES string of the molecule is O=C(CN1CCCC(C2CCCN2)C1)NC(=O)NC1CC1. The molecule has 2 saturated heterocycles. The molecule has 2 aliphatic heterocycles. The summed E-state index contributed by atoms with van der Waals surface area (Å²) in [5.41, 5.74) is 0. The van der Waals surface area contributed by atoms with Crippen molar-refractivity contribution in [2.75, 3.05) is 26.2 Å².